The summed E-state index contributed by atoms with van der Waals surface area (Å²) in [5.74, 6) is 0.766. The van der Waals surface area contributed by atoms with Crippen molar-refractivity contribution < 1.29 is 0 Å². The number of benzene rings is 2. The van der Waals surface area contributed by atoms with E-state index in [0.717, 1.165) is 18.9 Å². The SMILES string of the molecule is Cc1ccc(C2CC(NCCc3cccc(C)c3)C2)cc1. The minimum atomic E-state index is 0.709. The van der Waals surface area contributed by atoms with E-state index in [1.165, 1.54) is 35.1 Å². The highest BCUT2D eigenvalue weighted by molar-refractivity contribution is 5.27. The molecule has 0 amide bonds. The molecule has 0 aromatic heterocycles. The zero-order valence-electron chi connectivity index (χ0n) is 13.1. The van der Waals surface area contributed by atoms with Crippen molar-refractivity contribution in [3.63, 3.8) is 0 Å². The van der Waals surface area contributed by atoms with E-state index < -0.39 is 0 Å². The van der Waals surface area contributed by atoms with Crippen LogP contribution in [0.1, 0.15) is 41.0 Å². The van der Waals surface area contributed by atoms with Crippen LogP contribution in [0.2, 0.25) is 0 Å². The van der Waals surface area contributed by atoms with Crippen LogP contribution in [0.5, 0.6) is 0 Å². The molecule has 3 rings (SSSR count). The molecule has 0 saturated heterocycles. The summed E-state index contributed by atoms with van der Waals surface area (Å²) in [5, 5.41) is 3.70. The number of aryl methyl sites for hydroxylation is 2. The normalized spacial score (nSPS) is 21.0. The third kappa shape index (κ3) is 3.74. The number of nitrogens with one attached hydrogen (secondary N) is 1. The highest BCUT2D eigenvalue weighted by atomic mass is 14.9. The van der Waals surface area contributed by atoms with Gasteiger partial charge in [0.25, 0.3) is 0 Å². The molecular weight excluding hydrogens is 254 g/mol. The molecule has 1 aliphatic rings. The topological polar surface area (TPSA) is 12.0 Å². The maximum Gasteiger partial charge on any atom is 0.00788 e. The first-order chi connectivity index (χ1) is 10.2. The van der Waals surface area contributed by atoms with Gasteiger partial charge in [-0.3, -0.25) is 0 Å². The zero-order chi connectivity index (χ0) is 14.7. The molecule has 0 bridgehead atoms. The molecule has 0 spiro atoms. The van der Waals surface area contributed by atoms with Crippen LogP contribution in [-0.2, 0) is 6.42 Å². The smallest absolute Gasteiger partial charge is 0.00788 e. The molecule has 1 N–H and O–H groups in total. The summed E-state index contributed by atoms with van der Waals surface area (Å²) < 4.78 is 0. The summed E-state index contributed by atoms with van der Waals surface area (Å²) in [5.41, 5.74) is 5.66. The average molecular weight is 279 g/mol. The van der Waals surface area contributed by atoms with Crippen molar-refractivity contribution in [3.8, 4) is 0 Å². The number of hydrogen-bond acceptors (Lipinski definition) is 1. The molecule has 110 valence electrons. The lowest BCUT2D eigenvalue weighted by Crippen LogP contribution is -2.40. The lowest BCUT2D eigenvalue weighted by atomic mass is 9.75. The van der Waals surface area contributed by atoms with Gasteiger partial charge < -0.3 is 5.32 Å². The van der Waals surface area contributed by atoms with Crippen LogP contribution in [-0.4, -0.2) is 12.6 Å². The van der Waals surface area contributed by atoms with Crippen molar-refractivity contribution in [3.05, 3.63) is 70.8 Å². The van der Waals surface area contributed by atoms with Gasteiger partial charge in [0.2, 0.25) is 0 Å². The Bertz CT molecular complexity index is 579. The Morgan fingerprint density at radius 2 is 1.71 bits per heavy atom. The lowest BCUT2D eigenvalue weighted by molar-refractivity contribution is 0.293. The van der Waals surface area contributed by atoms with Crippen LogP contribution in [0.25, 0.3) is 0 Å². The maximum absolute atomic E-state index is 3.70. The van der Waals surface area contributed by atoms with Crippen LogP contribution in [0, 0.1) is 13.8 Å². The van der Waals surface area contributed by atoms with Crippen LogP contribution >= 0.6 is 0 Å². The summed E-state index contributed by atoms with van der Waals surface area (Å²) >= 11 is 0. The molecule has 0 heterocycles. The monoisotopic (exact) mass is 279 g/mol. The van der Waals surface area contributed by atoms with Crippen molar-refractivity contribution in [2.45, 2.75) is 45.1 Å². The van der Waals surface area contributed by atoms with Crippen LogP contribution in [0.4, 0.5) is 0 Å². The van der Waals surface area contributed by atoms with Gasteiger partial charge in [0.15, 0.2) is 0 Å². The fourth-order valence-corrected chi connectivity index (χ4v) is 3.18. The first-order valence-electron chi connectivity index (χ1n) is 8.06. The largest absolute Gasteiger partial charge is 0.314 e. The van der Waals surface area contributed by atoms with Gasteiger partial charge in [-0.2, -0.15) is 0 Å². The maximum atomic E-state index is 3.70. The molecule has 2 aromatic rings. The van der Waals surface area contributed by atoms with Gasteiger partial charge in [0, 0.05) is 6.04 Å². The van der Waals surface area contributed by atoms with E-state index in [4.69, 9.17) is 0 Å². The van der Waals surface area contributed by atoms with Crippen LogP contribution in [0.15, 0.2) is 48.5 Å². The minimum absolute atomic E-state index is 0.709. The summed E-state index contributed by atoms with van der Waals surface area (Å²) in [7, 11) is 0. The Labute approximate surface area is 128 Å². The highest BCUT2D eigenvalue weighted by Gasteiger charge is 2.29. The third-order valence-electron chi connectivity index (χ3n) is 4.62. The minimum Gasteiger partial charge on any atom is -0.314 e. The summed E-state index contributed by atoms with van der Waals surface area (Å²) in [6.45, 7) is 5.41. The van der Waals surface area contributed by atoms with E-state index in [9.17, 15) is 0 Å². The van der Waals surface area contributed by atoms with Gasteiger partial charge in [-0.1, -0.05) is 59.7 Å². The number of rotatable bonds is 5. The fourth-order valence-electron chi connectivity index (χ4n) is 3.18. The molecule has 2 aromatic carbocycles. The molecule has 0 atom stereocenters. The first-order valence-corrected chi connectivity index (χ1v) is 8.06. The molecule has 1 fully saturated rings. The van der Waals surface area contributed by atoms with E-state index in [1.807, 2.05) is 0 Å². The van der Waals surface area contributed by atoms with Crippen molar-refractivity contribution in [1.82, 2.24) is 5.32 Å². The van der Waals surface area contributed by atoms with Crippen molar-refractivity contribution >= 4 is 0 Å². The molecule has 0 radical (unpaired) electrons. The van der Waals surface area contributed by atoms with E-state index in [-0.39, 0.29) is 0 Å². The number of hydrogen-bond donors (Lipinski definition) is 1. The van der Waals surface area contributed by atoms with Crippen LogP contribution < -0.4 is 5.32 Å². The van der Waals surface area contributed by atoms with Gasteiger partial charge in [-0.15, -0.1) is 0 Å². The molecule has 0 aliphatic heterocycles. The molecule has 1 nitrogen and oxygen atoms in total. The fraction of sp³-hybridized carbons (Fsp3) is 0.400. The molecular formula is C20H25N. The van der Waals surface area contributed by atoms with Crippen LogP contribution in [0.3, 0.4) is 0 Å². The Hall–Kier alpha value is -1.60. The Kier molecular flexibility index (Phi) is 4.40. The van der Waals surface area contributed by atoms with Gasteiger partial charge in [0.1, 0.15) is 0 Å². The van der Waals surface area contributed by atoms with Crippen molar-refractivity contribution in [2.75, 3.05) is 6.54 Å². The third-order valence-corrected chi connectivity index (χ3v) is 4.62. The lowest BCUT2D eigenvalue weighted by Gasteiger charge is -2.36. The van der Waals surface area contributed by atoms with E-state index >= 15 is 0 Å². The van der Waals surface area contributed by atoms with E-state index in [1.54, 1.807) is 0 Å². The molecule has 1 aliphatic carbocycles. The van der Waals surface area contributed by atoms with Gasteiger partial charge in [-0.25, -0.2) is 0 Å². The van der Waals surface area contributed by atoms with Gasteiger partial charge >= 0.3 is 0 Å². The second-order valence-electron chi connectivity index (χ2n) is 6.47. The Morgan fingerprint density at radius 3 is 2.43 bits per heavy atom. The second-order valence-corrected chi connectivity index (χ2v) is 6.47. The quantitative estimate of drug-likeness (QED) is 0.856. The van der Waals surface area contributed by atoms with Gasteiger partial charge in [0.05, 0.1) is 0 Å². The summed E-state index contributed by atoms with van der Waals surface area (Å²) in [6, 6.07) is 18.6. The average Bonchev–Trinajstić information content (AvgIpc) is 2.43. The highest BCUT2D eigenvalue weighted by Crippen LogP contribution is 2.36. The Balaban J connectivity index is 1.40. The van der Waals surface area contributed by atoms with E-state index in [0.29, 0.717) is 6.04 Å². The molecule has 21 heavy (non-hydrogen) atoms. The van der Waals surface area contributed by atoms with Gasteiger partial charge in [-0.05, 0) is 56.7 Å². The summed E-state index contributed by atoms with van der Waals surface area (Å²) in [6.07, 6.45) is 3.71. The Morgan fingerprint density at radius 1 is 0.952 bits per heavy atom. The predicted molar refractivity (Wildman–Crippen MR) is 89.8 cm³/mol. The standard InChI is InChI=1S/C20H25N/c1-15-6-8-18(9-7-15)19-13-20(14-19)21-11-10-17-5-3-4-16(2)12-17/h3-9,12,19-21H,10-11,13-14H2,1-2H3. The second kappa shape index (κ2) is 6.44. The summed E-state index contributed by atoms with van der Waals surface area (Å²) in [4.78, 5) is 0. The van der Waals surface area contributed by atoms with Crippen molar-refractivity contribution in [2.24, 2.45) is 0 Å². The molecule has 1 heteroatoms. The first kappa shape index (κ1) is 14.3. The zero-order valence-corrected chi connectivity index (χ0v) is 13.1. The predicted octanol–water partition coefficient (Wildman–Crippen LogP) is 4.38. The van der Waals surface area contributed by atoms with Crippen molar-refractivity contribution in [1.29, 1.82) is 0 Å². The molecule has 1 saturated carbocycles. The van der Waals surface area contributed by atoms with E-state index in [2.05, 4.69) is 67.7 Å². The molecule has 0 unspecified atom stereocenters.